The molecule has 2 aromatic carbocycles. The van der Waals surface area contributed by atoms with E-state index in [0.29, 0.717) is 28.8 Å². The predicted molar refractivity (Wildman–Crippen MR) is 133 cm³/mol. The van der Waals surface area contributed by atoms with Crippen molar-refractivity contribution in [2.24, 2.45) is 0 Å². The molecule has 2 N–H and O–H groups in total. The minimum atomic E-state index is -0.179. The van der Waals surface area contributed by atoms with Gasteiger partial charge in [-0.3, -0.25) is 4.90 Å². The summed E-state index contributed by atoms with van der Waals surface area (Å²) >= 11 is 16.0. The zero-order valence-corrected chi connectivity index (χ0v) is 20.8. The lowest BCUT2D eigenvalue weighted by Gasteiger charge is -2.35. The number of carbonyl (C=O) groups excluding carboxylic acids is 1. The molecule has 0 radical (unpaired) electrons. The first-order valence-electron chi connectivity index (χ1n) is 10.9. The van der Waals surface area contributed by atoms with E-state index in [9.17, 15) is 4.79 Å². The molecule has 9 heteroatoms. The van der Waals surface area contributed by atoms with Crippen molar-refractivity contribution in [2.75, 3.05) is 44.6 Å². The standard InChI is InChI=1S/C23H27BrCl2N4O2/c24-18-14-16(4-5-21(18)32-17-6-8-27-9-7-17)15-29-10-12-30(13-11-29)23(31)28-22-19(25)2-1-3-20(22)26/h1-5,14,17,27H,6-13,15H2,(H,28,31). The Labute approximate surface area is 207 Å². The molecule has 2 aliphatic rings. The molecule has 2 amide bonds. The van der Waals surface area contributed by atoms with Gasteiger partial charge in [-0.25, -0.2) is 4.79 Å². The van der Waals surface area contributed by atoms with Crippen molar-refractivity contribution in [1.29, 1.82) is 0 Å². The molecule has 2 fully saturated rings. The molecule has 0 aromatic heterocycles. The van der Waals surface area contributed by atoms with Gasteiger partial charge >= 0.3 is 6.03 Å². The third kappa shape index (κ3) is 6.08. The van der Waals surface area contributed by atoms with Crippen LogP contribution in [0, 0.1) is 0 Å². The molecule has 32 heavy (non-hydrogen) atoms. The van der Waals surface area contributed by atoms with Crippen molar-refractivity contribution in [3.63, 3.8) is 0 Å². The molecule has 0 unspecified atom stereocenters. The van der Waals surface area contributed by atoms with E-state index in [4.69, 9.17) is 27.9 Å². The van der Waals surface area contributed by atoms with Gasteiger partial charge in [0.1, 0.15) is 11.9 Å². The number of nitrogens with zero attached hydrogens (tertiary/aromatic N) is 2. The summed E-state index contributed by atoms with van der Waals surface area (Å²) < 4.78 is 7.16. The number of hydrogen-bond acceptors (Lipinski definition) is 4. The van der Waals surface area contributed by atoms with Gasteiger partial charge in [0, 0.05) is 32.7 Å². The summed E-state index contributed by atoms with van der Waals surface area (Å²) in [5.74, 6) is 0.903. The number of ether oxygens (including phenoxy) is 1. The molecule has 2 heterocycles. The van der Waals surface area contributed by atoms with Crippen LogP contribution in [0.5, 0.6) is 5.75 Å². The fourth-order valence-electron chi connectivity index (χ4n) is 4.00. The first-order chi connectivity index (χ1) is 15.5. The van der Waals surface area contributed by atoms with Crippen LogP contribution in [0.25, 0.3) is 0 Å². The number of piperidine rings is 1. The second-order valence-electron chi connectivity index (χ2n) is 8.12. The first-order valence-corrected chi connectivity index (χ1v) is 12.4. The van der Waals surface area contributed by atoms with Crippen molar-refractivity contribution in [3.05, 3.63) is 56.5 Å². The Morgan fingerprint density at radius 2 is 1.78 bits per heavy atom. The molecule has 0 aliphatic carbocycles. The van der Waals surface area contributed by atoms with Crippen LogP contribution in [0.2, 0.25) is 10.0 Å². The number of para-hydroxylation sites is 1. The Morgan fingerprint density at radius 1 is 1.09 bits per heavy atom. The van der Waals surface area contributed by atoms with Gasteiger partial charge < -0.3 is 20.3 Å². The van der Waals surface area contributed by atoms with Crippen LogP contribution in [0.1, 0.15) is 18.4 Å². The van der Waals surface area contributed by atoms with Gasteiger partial charge in [-0.1, -0.05) is 35.3 Å². The van der Waals surface area contributed by atoms with Crippen molar-refractivity contribution in [2.45, 2.75) is 25.5 Å². The Hall–Kier alpha value is -1.51. The first kappa shape index (κ1) is 23.6. The van der Waals surface area contributed by atoms with Gasteiger partial charge in [-0.05, 0) is 71.7 Å². The van der Waals surface area contributed by atoms with Crippen LogP contribution in [0.15, 0.2) is 40.9 Å². The monoisotopic (exact) mass is 540 g/mol. The highest BCUT2D eigenvalue weighted by Crippen LogP contribution is 2.31. The van der Waals surface area contributed by atoms with E-state index in [1.54, 1.807) is 23.1 Å². The molecule has 0 atom stereocenters. The van der Waals surface area contributed by atoms with E-state index in [-0.39, 0.29) is 12.1 Å². The summed E-state index contributed by atoms with van der Waals surface area (Å²) in [6.07, 6.45) is 2.35. The number of piperazine rings is 1. The lowest BCUT2D eigenvalue weighted by molar-refractivity contribution is 0.142. The second-order valence-corrected chi connectivity index (χ2v) is 9.79. The molecular weight excluding hydrogens is 515 g/mol. The number of urea groups is 1. The van der Waals surface area contributed by atoms with Gasteiger partial charge in [0.05, 0.1) is 20.2 Å². The van der Waals surface area contributed by atoms with Gasteiger partial charge in [-0.15, -0.1) is 0 Å². The number of anilines is 1. The third-order valence-corrected chi connectivity index (χ3v) is 7.09. The molecule has 0 bridgehead atoms. The second kappa shape index (κ2) is 11.1. The van der Waals surface area contributed by atoms with Gasteiger partial charge in [-0.2, -0.15) is 0 Å². The fraction of sp³-hybridized carbons (Fsp3) is 0.435. The highest BCUT2D eigenvalue weighted by molar-refractivity contribution is 9.10. The largest absolute Gasteiger partial charge is 0.489 e. The molecule has 6 nitrogen and oxygen atoms in total. The minimum Gasteiger partial charge on any atom is -0.489 e. The van der Waals surface area contributed by atoms with Crippen LogP contribution in [0.4, 0.5) is 10.5 Å². The molecule has 2 aliphatic heterocycles. The van der Waals surface area contributed by atoms with Crippen molar-refractivity contribution < 1.29 is 9.53 Å². The van der Waals surface area contributed by atoms with E-state index in [2.05, 4.69) is 49.7 Å². The van der Waals surface area contributed by atoms with Crippen molar-refractivity contribution in [3.8, 4) is 5.75 Å². The van der Waals surface area contributed by atoms with Crippen molar-refractivity contribution in [1.82, 2.24) is 15.1 Å². The van der Waals surface area contributed by atoms with E-state index in [1.165, 1.54) is 5.56 Å². The number of amides is 2. The molecule has 2 saturated heterocycles. The highest BCUT2D eigenvalue weighted by Gasteiger charge is 2.23. The summed E-state index contributed by atoms with van der Waals surface area (Å²) in [5, 5.41) is 7.07. The average molecular weight is 542 g/mol. The average Bonchev–Trinajstić information content (AvgIpc) is 2.79. The minimum absolute atomic E-state index is 0.179. The fourth-order valence-corrected chi connectivity index (χ4v) is 5.01. The Bertz CT molecular complexity index is 927. The Balaban J connectivity index is 1.27. The molecular formula is C23H27BrCl2N4O2. The normalized spacial score (nSPS) is 17.9. The van der Waals surface area contributed by atoms with Crippen LogP contribution in [-0.2, 0) is 6.54 Å². The summed E-state index contributed by atoms with van der Waals surface area (Å²) in [7, 11) is 0. The zero-order chi connectivity index (χ0) is 22.5. The van der Waals surface area contributed by atoms with Crippen molar-refractivity contribution >= 4 is 50.9 Å². The SMILES string of the molecule is O=C(Nc1c(Cl)cccc1Cl)N1CCN(Cc2ccc(OC3CCNCC3)c(Br)c2)CC1. The highest BCUT2D eigenvalue weighted by atomic mass is 79.9. The summed E-state index contributed by atoms with van der Waals surface area (Å²) in [5.41, 5.74) is 1.68. The van der Waals surface area contributed by atoms with Crippen LogP contribution < -0.4 is 15.4 Å². The Morgan fingerprint density at radius 3 is 2.44 bits per heavy atom. The topological polar surface area (TPSA) is 56.8 Å². The van der Waals surface area contributed by atoms with E-state index >= 15 is 0 Å². The molecule has 2 aromatic rings. The van der Waals surface area contributed by atoms with E-state index in [1.807, 2.05) is 0 Å². The number of nitrogens with one attached hydrogen (secondary N) is 2. The Kier molecular flexibility index (Phi) is 8.18. The van der Waals surface area contributed by atoms with Crippen LogP contribution in [-0.4, -0.2) is 61.2 Å². The molecule has 4 rings (SSSR count). The number of halogens is 3. The summed E-state index contributed by atoms with van der Waals surface area (Å²) in [6, 6.07) is 11.3. The molecule has 172 valence electrons. The lowest BCUT2D eigenvalue weighted by Crippen LogP contribution is -2.49. The summed E-state index contributed by atoms with van der Waals surface area (Å²) in [6.45, 7) is 5.74. The van der Waals surface area contributed by atoms with Gasteiger partial charge in [0.2, 0.25) is 0 Å². The van der Waals surface area contributed by atoms with Gasteiger partial charge in [0.15, 0.2) is 0 Å². The quantitative estimate of drug-likeness (QED) is 0.543. The van der Waals surface area contributed by atoms with Crippen LogP contribution >= 0.6 is 39.1 Å². The smallest absolute Gasteiger partial charge is 0.322 e. The van der Waals surface area contributed by atoms with Gasteiger partial charge in [0.25, 0.3) is 0 Å². The maximum Gasteiger partial charge on any atom is 0.322 e. The lowest BCUT2D eigenvalue weighted by atomic mass is 10.1. The van der Waals surface area contributed by atoms with E-state index < -0.39 is 0 Å². The number of benzene rings is 2. The van der Waals surface area contributed by atoms with E-state index in [0.717, 1.165) is 55.8 Å². The number of carbonyl (C=O) groups is 1. The zero-order valence-electron chi connectivity index (χ0n) is 17.8. The summed E-state index contributed by atoms with van der Waals surface area (Å²) in [4.78, 5) is 16.8. The molecule has 0 spiro atoms. The third-order valence-electron chi connectivity index (χ3n) is 5.84. The maximum absolute atomic E-state index is 12.6. The number of hydrogen-bond donors (Lipinski definition) is 2. The predicted octanol–water partition coefficient (Wildman–Crippen LogP) is 5.24. The maximum atomic E-state index is 12.6. The molecule has 0 saturated carbocycles. The van der Waals surface area contributed by atoms with Crippen LogP contribution in [0.3, 0.4) is 0 Å². The number of rotatable bonds is 5.